The minimum absolute atomic E-state index is 0.0433. The molecule has 6 heteroatoms. The van der Waals surface area contributed by atoms with Gasteiger partial charge >= 0.3 is 0 Å². The fraction of sp³-hybridized carbons (Fsp3) is 1.00. The number of unbranched alkanes of at least 4 members (excludes halogenated alkanes) is 3. The topological polar surface area (TPSA) is 66.8 Å². The summed E-state index contributed by atoms with van der Waals surface area (Å²) in [6, 6.07) is 0. The molecule has 0 aliphatic heterocycles. The van der Waals surface area contributed by atoms with Crippen molar-refractivity contribution in [2.45, 2.75) is 38.7 Å². The van der Waals surface area contributed by atoms with Gasteiger partial charge in [-0.3, -0.25) is 4.18 Å². The van der Waals surface area contributed by atoms with Crippen LogP contribution in [0.25, 0.3) is 0 Å². The Morgan fingerprint density at radius 3 is 2.41 bits per heavy atom. The molecule has 5 nitrogen and oxygen atoms in total. The first-order valence-electron chi connectivity index (χ1n) is 6.07. The first-order valence-corrected chi connectivity index (χ1v) is 7.65. The van der Waals surface area contributed by atoms with Crippen LogP contribution in [0.3, 0.4) is 0 Å². The number of hydrogen-bond donors (Lipinski definition) is 1. The van der Waals surface area contributed by atoms with Crippen LogP contribution in [0.2, 0.25) is 0 Å². The van der Waals surface area contributed by atoms with E-state index in [4.69, 9.17) is 4.18 Å². The van der Waals surface area contributed by atoms with Crippen molar-refractivity contribution in [3.8, 4) is 0 Å². The van der Waals surface area contributed by atoms with Crippen molar-refractivity contribution in [1.82, 2.24) is 4.90 Å². The molecule has 0 aliphatic carbocycles. The monoisotopic (exact) mass is 267 g/mol. The first-order chi connectivity index (χ1) is 7.87. The van der Waals surface area contributed by atoms with E-state index in [1.165, 1.54) is 0 Å². The molecule has 104 valence electrons. The number of aliphatic hydroxyl groups excluding tert-OH is 1. The molecule has 0 rings (SSSR count). The smallest absolute Gasteiger partial charge is 0.267 e. The van der Waals surface area contributed by atoms with E-state index in [1.54, 1.807) is 4.90 Å². The molecule has 0 fully saturated rings. The molecule has 0 aliphatic rings. The lowest BCUT2D eigenvalue weighted by molar-refractivity contribution is 0.0856. The third-order valence-electron chi connectivity index (χ3n) is 2.26. The summed E-state index contributed by atoms with van der Waals surface area (Å²) < 4.78 is 27.6. The summed E-state index contributed by atoms with van der Waals surface area (Å²) in [5.41, 5.74) is 0. The Balaban J connectivity index is 3.77. The van der Waals surface area contributed by atoms with Crippen molar-refractivity contribution in [2.24, 2.45) is 0 Å². The molecule has 0 aromatic carbocycles. The Morgan fingerprint density at radius 2 is 1.88 bits per heavy atom. The Morgan fingerprint density at radius 1 is 1.24 bits per heavy atom. The zero-order valence-corrected chi connectivity index (χ0v) is 11.9. The fourth-order valence-electron chi connectivity index (χ4n) is 1.42. The molecule has 0 saturated carbocycles. The molecule has 1 atom stereocenters. The zero-order chi connectivity index (χ0) is 13.3. The van der Waals surface area contributed by atoms with Gasteiger partial charge < -0.3 is 10.0 Å². The van der Waals surface area contributed by atoms with Crippen LogP contribution >= 0.6 is 0 Å². The summed E-state index contributed by atoms with van der Waals surface area (Å²) >= 11 is 0. The van der Waals surface area contributed by atoms with Crippen LogP contribution in [-0.4, -0.2) is 57.5 Å². The van der Waals surface area contributed by atoms with Crippen LogP contribution in [0.5, 0.6) is 0 Å². The molecule has 0 heterocycles. The lowest BCUT2D eigenvalue weighted by atomic mass is 10.2. The van der Waals surface area contributed by atoms with E-state index >= 15 is 0 Å². The molecule has 0 radical (unpaired) electrons. The Kier molecular flexibility index (Phi) is 8.77. The molecule has 0 amide bonds. The van der Waals surface area contributed by atoms with Crippen LogP contribution in [-0.2, 0) is 14.3 Å². The maximum atomic E-state index is 11.4. The molecule has 1 N–H and O–H groups in total. The van der Waals surface area contributed by atoms with E-state index in [-0.39, 0.29) is 12.4 Å². The maximum Gasteiger partial charge on any atom is 0.267 e. The van der Waals surface area contributed by atoms with Gasteiger partial charge in [-0.15, -0.1) is 0 Å². The highest BCUT2D eigenvalue weighted by molar-refractivity contribution is 7.86. The van der Waals surface area contributed by atoms with Crippen molar-refractivity contribution in [3.63, 3.8) is 0 Å². The Bertz CT molecular complexity index is 277. The second-order valence-electron chi connectivity index (χ2n) is 4.52. The van der Waals surface area contributed by atoms with Crippen molar-refractivity contribution >= 4 is 10.1 Å². The Hall–Kier alpha value is -0.170. The van der Waals surface area contributed by atoms with Crippen LogP contribution in [0, 0.1) is 0 Å². The molecule has 17 heavy (non-hydrogen) atoms. The van der Waals surface area contributed by atoms with Gasteiger partial charge in [-0.1, -0.05) is 26.2 Å². The van der Waals surface area contributed by atoms with Gasteiger partial charge in [0, 0.05) is 6.54 Å². The molecule has 0 saturated heterocycles. The molecule has 0 aromatic heterocycles. The van der Waals surface area contributed by atoms with E-state index in [1.807, 2.05) is 14.1 Å². The van der Waals surface area contributed by atoms with Crippen LogP contribution in [0.4, 0.5) is 0 Å². The summed E-state index contributed by atoms with van der Waals surface area (Å²) in [6.07, 6.45) is 2.87. The van der Waals surface area contributed by atoms with E-state index < -0.39 is 16.2 Å². The highest BCUT2D eigenvalue weighted by Crippen LogP contribution is 2.04. The normalized spacial score (nSPS) is 14.2. The van der Waals surface area contributed by atoms with Crippen LogP contribution in [0.15, 0.2) is 0 Å². The number of likely N-dealkylation sites (N-methyl/N-ethyl adjacent to an activating group) is 1. The summed E-state index contributed by atoms with van der Waals surface area (Å²) in [5.74, 6) is 0.0433. The van der Waals surface area contributed by atoms with Gasteiger partial charge in [-0.25, -0.2) is 0 Å². The third-order valence-corrected chi connectivity index (χ3v) is 3.55. The lowest BCUT2D eigenvalue weighted by Gasteiger charge is -2.15. The Labute approximate surface area is 105 Å². The van der Waals surface area contributed by atoms with E-state index in [2.05, 4.69) is 6.92 Å². The van der Waals surface area contributed by atoms with Crippen molar-refractivity contribution < 1.29 is 17.7 Å². The van der Waals surface area contributed by atoms with Gasteiger partial charge in [0.15, 0.2) is 0 Å². The van der Waals surface area contributed by atoms with Gasteiger partial charge in [-0.05, 0) is 20.5 Å². The van der Waals surface area contributed by atoms with Gasteiger partial charge in [0.2, 0.25) is 0 Å². The first kappa shape index (κ1) is 16.8. The predicted octanol–water partition coefficient (Wildman–Crippen LogP) is 0.836. The number of aliphatic hydroxyl groups is 1. The minimum atomic E-state index is -3.47. The maximum absolute atomic E-state index is 11.4. The second-order valence-corrected chi connectivity index (χ2v) is 6.28. The largest absolute Gasteiger partial charge is 0.389 e. The molecular weight excluding hydrogens is 242 g/mol. The third kappa shape index (κ3) is 10.7. The predicted molar refractivity (Wildman–Crippen MR) is 68.4 cm³/mol. The zero-order valence-electron chi connectivity index (χ0n) is 11.1. The van der Waals surface area contributed by atoms with Crippen molar-refractivity contribution in [1.29, 1.82) is 0 Å². The van der Waals surface area contributed by atoms with E-state index in [9.17, 15) is 13.5 Å². The molecule has 0 bridgehead atoms. The average molecular weight is 267 g/mol. The molecule has 0 aromatic rings. The molecule has 0 spiro atoms. The van der Waals surface area contributed by atoms with E-state index in [0.29, 0.717) is 13.0 Å². The SMILES string of the molecule is CCCCCCS(=O)(=O)OCC(O)CN(C)C. The number of rotatable bonds is 10. The number of nitrogens with zero attached hydrogens (tertiary/aromatic N) is 1. The summed E-state index contributed by atoms with van der Waals surface area (Å²) in [4.78, 5) is 1.78. The minimum Gasteiger partial charge on any atom is -0.389 e. The quantitative estimate of drug-likeness (QED) is 0.469. The van der Waals surface area contributed by atoms with Gasteiger partial charge in [0.1, 0.15) is 0 Å². The standard InChI is InChI=1S/C11H25NO4S/c1-4-5-6-7-8-17(14,15)16-10-11(13)9-12(2)3/h11,13H,4-10H2,1-3H3. The highest BCUT2D eigenvalue weighted by Gasteiger charge is 2.14. The van der Waals surface area contributed by atoms with Gasteiger partial charge in [-0.2, -0.15) is 8.42 Å². The fourth-order valence-corrected chi connectivity index (χ4v) is 2.46. The van der Waals surface area contributed by atoms with E-state index in [0.717, 1.165) is 19.3 Å². The molecule has 1 unspecified atom stereocenters. The van der Waals surface area contributed by atoms with Crippen LogP contribution < -0.4 is 0 Å². The van der Waals surface area contributed by atoms with Gasteiger partial charge in [0.25, 0.3) is 10.1 Å². The number of hydrogen-bond acceptors (Lipinski definition) is 5. The average Bonchev–Trinajstić information content (AvgIpc) is 2.21. The van der Waals surface area contributed by atoms with Crippen molar-refractivity contribution in [2.75, 3.05) is 33.0 Å². The molecular formula is C11H25NO4S. The summed E-state index contributed by atoms with van der Waals surface area (Å²) in [7, 11) is 0.145. The lowest BCUT2D eigenvalue weighted by Crippen LogP contribution is -2.30. The van der Waals surface area contributed by atoms with Gasteiger partial charge in [0.05, 0.1) is 18.5 Å². The summed E-state index contributed by atoms with van der Waals surface area (Å²) in [6.45, 7) is 2.31. The summed E-state index contributed by atoms with van der Waals surface area (Å²) in [5, 5.41) is 9.46. The second kappa shape index (κ2) is 8.85. The van der Waals surface area contributed by atoms with Crippen molar-refractivity contribution in [3.05, 3.63) is 0 Å². The van der Waals surface area contributed by atoms with Crippen LogP contribution in [0.1, 0.15) is 32.6 Å². The highest BCUT2D eigenvalue weighted by atomic mass is 32.2.